The Morgan fingerprint density at radius 2 is 0.800 bits per heavy atom. The Balaban J connectivity index is 0.749. The molecule has 0 saturated carbocycles. The number of hydrogen-bond donors (Lipinski definition) is 0. The molecule has 2 aliphatic rings. The highest BCUT2D eigenvalue weighted by Gasteiger charge is 2.42. The summed E-state index contributed by atoms with van der Waals surface area (Å²) in [5.74, 6) is -0.545. The highest BCUT2D eigenvalue weighted by molar-refractivity contribution is 6.09. The molecule has 8 aromatic rings. The summed E-state index contributed by atoms with van der Waals surface area (Å²) in [7, 11) is 0. The first kappa shape index (κ1) is 45.1. The van der Waals surface area contributed by atoms with Crippen LogP contribution in [0.2, 0.25) is 0 Å². The number of rotatable bonds is 14. The summed E-state index contributed by atoms with van der Waals surface area (Å²) in [5, 5.41) is 9.37. The third-order valence-electron chi connectivity index (χ3n) is 11.6. The van der Waals surface area contributed by atoms with Crippen LogP contribution < -0.4 is 18.9 Å². The molecular formula is C57H38F2N2O9. The number of benzene rings is 8. The molecule has 0 spiro atoms. The van der Waals surface area contributed by atoms with Gasteiger partial charge in [-0.3, -0.25) is 4.79 Å². The predicted octanol–water partition coefficient (Wildman–Crippen LogP) is 13.3. The van der Waals surface area contributed by atoms with Crippen LogP contribution in [-0.2, 0) is 30.5 Å². The first-order valence-electron chi connectivity index (χ1n) is 22.0. The van der Waals surface area contributed by atoms with E-state index in [2.05, 4.69) is 4.85 Å². The fraction of sp³-hybridized carbons (Fsp3) is 0.105. The smallest absolute Gasteiger partial charge is 0.263 e. The molecule has 0 N–H and O–H groups in total. The normalized spacial score (nSPS) is 14.5. The van der Waals surface area contributed by atoms with Gasteiger partial charge in [-0.05, 0) is 170 Å². The van der Waals surface area contributed by atoms with Crippen molar-refractivity contribution in [1.82, 2.24) is 0 Å². The van der Waals surface area contributed by atoms with E-state index in [0.29, 0.717) is 72.1 Å². The second-order valence-electron chi connectivity index (χ2n) is 15.9. The molecule has 70 heavy (non-hydrogen) atoms. The minimum atomic E-state index is -1.18. The van der Waals surface area contributed by atoms with E-state index in [1.807, 2.05) is 54.6 Å². The Bertz CT molecular complexity index is 3030. The third kappa shape index (κ3) is 9.05. The number of nitriles is 1. The standard InChI is InChI=1S/C57H38F2N2O9/c1-61-54-51(59)5-3-7-53(54)70-48-30-18-42(19-31-48)57(65-34-35-66-57)40-14-26-46(27-15-40)68-44-22-10-38(11-23-44)55(62)37-8-20-43(21-9-37)67-45-24-12-39(13-25-45)56(63-32-33-64-56)41-16-28-47(29-17-41)69-52-6-2-4-50(58)49(52)36-60/h2-31H,32-35H2. The lowest BCUT2D eigenvalue weighted by molar-refractivity contribution is -0.130. The summed E-state index contributed by atoms with van der Waals surface area (Å²) in [6.45, 7) is 8.84. The maximum atomic E-state index is 14.1. The van der Waals surface area contributed by atoms with Gasteiger partial charge in [0, 0.05) is 33.4 Å². The highest BCUT2D eigenvalue weighted by Crippen LogP contribution is 2.43. The monoisotopic (exact) mass is 932 g/mol. The van der Waals surface area contributed by atoms with Crippen LogP contribution in [0.15, 0.2) is 182 Å². The van der Waals surface area contributed by atoms with Gasteiger partial charge in [0.1, 0.15) is 69.3 Å². The maximum absolute atomic E-state index is 14.1. The first-order valence-corrected chi connectivity index (χ1v) is 22.0. The van der Waals surface area contributed by atoms with Crippen LogP contribution in [0.5, 0.6) is 46.0 Å². The molecule has 11 nitrogen and oxygen atoms in total. The van der Waals surface area contributed by atoms with Gasteiger partial charge >= 0.3 is 0 Å². The number of carbonyl (C=O) groups is 1. The SMILES string of the molecule is [C-]#[N+]c1c(F)cccc1Oc1ccc(C2(c3ccc(Oc4ccc(C(=O)c5ccc(Oc6ccc(C7(c8ccc(Oc9cccc(F)c9C#N)cc8)OCCO7)cc6)cc5)cc4)cc3)OCCO2)cc1. The van der Waals surface area contributed by atoms with Crippen molar-refractivity contribution in [1.29, 1.82) is 5.26 Å². The van der Waals surface area contributed by atoms with E-state index in [9.17, 15) is 18.8 Å². The molecule has 2 saturated heterocycles. The van der Waals surface area contributed by atoms with Crippen molar-refractivity contribution in [2.45, 2.75) is 11.6 Å². The first-order chi connectivity index (χ1) is 34.2. The molecule has 0 unspecified atom stereocenters. The lowest BCUT2D eigenvalue weighted by Gasteiger charge is -2.28. The summed E-state index contributed by atoms with van der Waals surface area (Å²) in [5.41, 5.74) is 3.53. The number of ether oxygens (including phenoxy) is 8. The maximum Gasteiger partial charge on any atom is 0.263 e. The average molecular weight is 933 g/mol. The van der Waals surface area contributed by atoms with Crippen LogP contribution in [-0.4, -0.2) is 32.2 Å². The summed E-state index contributed by atoms with van der Waals surface area (Å²) >= 11 is 0. The summed E-state index contributed by atoms with van der Waals surface area (Å²) in [4.78, 5) is 16.8. The molecular weight excluding hydrogens is 895 g/mol. The third-order valence-corrected chi connectivity index (χ3v) is 11.6. The van der Waals surface area contributed by atoms with Crippen molar-refractivity contribution in [3.63, 3.8) is 0 Å². The molecule has 8 aromatic carbocycles. The largest absolute Gasteiger partial charge is 0.468 e. The fourth-order valence-electron chi connectivity index (χ4n) is 8.22. The van der Waals surface area contributed by atoms with Crippen molar-refractivity contribution < 1.29 is 51.5 Å². The van der Waals surface area contributed by atoms with Crippen molar-refractivity contribution in [3.8, 4) is 52.1 Å². The van der Waals surface area contributed by atoms with Crippen LogP contribution in [0.1, 0.15) is 43.7 Å². The van der Waals surface area contributed by atoms with E-state index < -0.39 is 23.2 Å². The molecule has 2 heterocycles. The predicted molar refractivity (Wildman–Crippen MR) is 252 cm³/mol. The minimum Gasteiger partial charge on any atom is -0.468 e. The van der Waals surface area contributed by atoms with Crippen molar-refractivity contribution >= 4 is 11.5 Å². The van der Waals surface area contributed by atoms with E-state index in [1.54, 1.807) is 103 Å². The van der Waals surface area contributed by atoms with Crippen molar-refractivity contribution in [2.24, 2.45) is 0 Å². The summed E-state index contributed by atoms with van der Waals surface area (Å²) in [6.07, 6.45) is 0. The van der Waals surface area contributed by atoms with E-state index in [4.69, 9.17) is 44.5 Å². The van der Waals surface area contributed by atoms with E-state index in [1.165, 1.54) is 30.3 Å². The van der Waals surface area contributed by atoms with Gasteiger partial charge in [0.05, 0.1) is 33.0 Å². The number of carbonyl (C=O) groups excluding carboxylic acids is 1. The number of ketones is 1. The van der Waals surface area contributed by atoms with E-state index >= 15 is 0 Å². The zero-order valence-electron chi connectivity index (χ0n) is 37.0. The quantitative estimate of drug-likeness (QED) is 0.0770. The zero-order valence-corrected chi connectivity index (χ0v) is 37.0. The van der Waals surface area contributed by atoms with Crippen LogP contribution in [0.4, 0.5) is 14.5 Å². The Morgan fingerprint density at radius 1 is 0.471 bits per heavy atom. The number of hydrogen-bond acceptors (Lipinski definition) is 10. The molecule has 344 valence electrons. The Labute approximate surface area is 400 Å². The molecule has 0 radical (unpaired) electrons. The zero-order chi connectivity index (χ0) is 48.1. The van der Waals surface area contributed by atoms with Crippen molar-refractivity contribution in [2.75, 3.05) is 26.4 Å². The van der Waals surface area contributed by atoms with Gasteiger partial charge in [-0.15, -0.1) is 0 Å². The second kappa shape index (κ2) is 19.5. The minimum absolute atomic E-state index is 0.118. The van der Waals surface area contributed by atoms with Gasteiger partial charge in [-0.25, -0.2) is 13.6 Å². The molecule has 0 aromatic heterocycles. The fourth-order valence-corrected chi connectivity index (χ4v) is 8.22. The molecule has 2 aliphatic heterocycles. The van der Waals surface area contributed by atoms with Crippen molar-refractivity contribution in [3.05, 3.63) is 244 Å². The average Bonchev–Trinajstić information content (AvgIpc) is 4.11. The lowest BCUT2D eigenvalue weighted by atomic mass is 9.97. The van der Waals surface area contributed by atoms with Crippen LogP contribution >= 0.6 is 0 Å². The van der Waals surface area contributed by atoms with Gasteiger partial charge in [0.2, 0.25) is 11.6 Å². The summed E-state index contributed by atoms with van der Waals surface area (Å²) < 4.78 is 76.9. The van der Waals surface area contributed by atoms with E-state index in [-0.39, 0.29) is 28.5 Å². The van der Waals surface area contributed by atoms with Crippen LogP contribution in [0.25, 0.3) is 4.85 Å². The molecule has 0 amide bonds. The van der Waals surface area contributed by atoms with E-state index in [0.717, 1.165) is 22.3 Å². The van der Waals surface area contributed by atoms with Gasteiger partial charge in [-0.2, -0.15) is 5.26 Å². The highest BCUT2D eigenvalue weighted by atomic mass is 19.1. The lowest BCUT2D eigenvalue weighted by Crippen LogP contribution is -2.28. The number of nitrogens with zero attached hydrogens (tertiary/aromatic N) is 2. The van der Waals surface area contributed by atoms with Gasteiger partial charge in [0.25, 0.3) is 5.69 Å². The molecule has 0 aliphatic carbocycles. The molecule has 13 heteroatoms. The topological polar surface area (TPSA) is 119 Å². The summed E-state index contributed by atoms with van der Waals surface area (Å²) in [6, 6.07) is 52.8. The molecule has 10 rings (SSSR count). The van der Waals surface area contributed by atoms with Crippen LogP contribution in [0, 0.1) is 29.5 Å². The van der Waals surface area contributed by atoms with Gasteiger partial charge in [0.15, 0.2) is 5.78 Å². The second-order valence-corrected chi connectivity index (χ2v) is 15.9. The Kier molecular flexibility index (Phi) is 12.6. The molecule has 2 fully saturated rings. The van der Waals surface area contributed by atoms with Gasteiger partial charge < -0.3 is 37.9 Å². The number of para-hydroxylation sites is 1. The Morgan fingerprint density at radius 3 is 1.17 bits per heavy atom. The Hall–Kier alpha value is -8.69. The molecule has 0 atom stereocenters. The number of halogens is 2. The molecule has 0 bridgehead atoms. The van der Waals surface area contributed by atoms with Gasteiger partial charge in [-0.1, -0.05) is 12.1 Å². The van der Waals surface area contributed by atoms with Crippen LogP contribution in [0.3, 0.4) is 0 Å².